The molecule has 7 heteroatoms. The van der Waals surface area contributed by atoms with Crippen molar-refractivity contribution in [3.8, 4) is 16.7 Å². The van der Waals surface area contributed by atoms with E-state index in [0.717, 1.165) is 24.2 Å². The number of carbonyl (C=O) groups is 1. The van der Waals surface area contributed by atoms with Gasteiger partial charge in [-0.15, -0.1) is 0 Å². The first-order valence-corrected chi connectivity index (χ1v) is 10.7. The molecule has 1 aliphatic rings. The number of hydrogen-bond donors (Lipinski definition) is 2. The average Bonchev–Trinajstić information content (AvgIpc) is 3.20. The highest BCUT2D eigenvalue weighted by Gasteiger charge is 2.24. The molecule has 1 atom stereocenters. The molecule has 0 saturated carbocycles. The van der Waals surface area contributed by atoms with Crippen molar-refractivity contribution in [1.29, 1.82) is 0 Å². The van der Waals surface area contributed by atoms with Gasteiger partial charge < -0.3 is 19.9 Å². The lowest BCUT2D eigenvalue weighted by Gasteiger charge is -2.28. The van der Waals surface area contributed by atoms with Gasteiger partial charge in [-0.3, -0.25) is 4.79 Å². The second-order valence-electron chi connectivity index (χ2n) is 7.29. The highest BCUT2D eigenvalue weighted by Crippen LogP contribution is 2.39. The molecule has 3 aromatic rings. The lowest BCUT2D eigenvalue weighted by atomic mass is 9.92. The van der Waals surface area contributed by atoms with Crippen LogP contribution in [0.2, 0.25) is 0 Å². The number of nitrogens with zero attached hydrogens (tertiary/aromatic N) is 1. The molecule has 30 heavy (non-hydrogen) atoms. The Bertz CT molecular complexity index is 1040. The lowest BCUT2D eigenvalue weighted by molar-refractivity contribution is 0.0948. The van der Waals surface area contributed by atoms with Crippen molar-refractivity contribution in [2.45, 2.75) is 32.8 Å². The summed E-state index contributed by atoms with van der Waals surface area (Å²) in [6, 6.07) is 12.1. The first-order chi connectivity index (χ1) is 14.5. The van der Waals surface area contributed by atoms with E-state index < -0.39 is 0 Å². The van der Waals surface area contributed by atoms with E-state index in [4.69, 9.17) is 14.6 Å². The van der Waals surface area contributed by atoms with E-state index in [0.29, 0.717) is 15.8 Å². The summed E-state index contributed by atoms with van der Waals surface area (Å²) in [5, 5.41) is 11.8. The summed E-state index contributed by atoms with van der Waals surface area (Å²) in [7, 11) is 0. The van der Waals surface area contributed by atoms with Crippen LogP contribution in [0.3, 0.4) is 0 Å². The first kappa shape index (κ1) is 20.4. The predicted octanol–water partition coefficient (Wildman–Crippen LogP) is 4.34. The molecule has 0 saturated heterocycles. The molecule has 0 aliphatic carbocycles. The molecule has 1 unspecified atom stereocenters. The summed E-state index contributed by atoms with van der Waals surface area (Å²) in [6.45, 7) is 4.37. The van der Waals surface area contributed by atoms with Gasteiger partial charge in [-0.25, -0.2) is 4.98 Å². The molecule has 0 fully saturated rings. The summed E-state index contributed by atoms with van der Waals surface area (Å²) in [5.41, 5.74) is 4.89. The van der Waals surface area contributed by atoms with Gasteiger partial charge in [0.15, 0.2) is 0 Å². The maximum atomic E-state index is 11.9. The minimum Gasteiger partial charge on any atom is -0.485 e. The van der Waals surface area contributed by atoms with Gasteiger partial charge in [-0.1, -0.05) is 29.5 Å². The van der Waals surface area contributed by atoms with Crippen LogP contribution in [0.5, 0.6) is 16.7 Å². The quantitative estimate of drug-likeness (QED) is 0.615. The van der Waals surface area contributed by atoms with Crippen LogP contribution in [0.15, 0.2) is 42.6 Å². The van der Waals surface area contributed by atoms with Crippen molar-refractivity contribution in [3.05, 3.63) is 69.7 Å². The number of carbonyl (C=O) groups excluding carboxylic acids is 1. The fourth-order valence-electron chi connectivity index (χ4n) is 3.73. The van der Waals surface area contributed by atoms with E-state index >= 15 is 0 Å². The van der Waals surface area contributed by atoms with Crippen molar-refractivity contribution in [2.24, 2.45) is 0 Å². The number of aliphatic hydroxyl groups is 1. The number of ether oxygens (including phenoxy) is 2. The Morgan fingerprint density at radius 2 is 2.10 bits per heavy atom. The second kappa shape index (κ2) is 8.85. The molecule has 156 valence electrons. The number of rotatable bonds is 6. The van der Waals surface area contributed by atoms with Gasteiger partial charge >= 0.3 is 0 Å². The van der Waals surface area contributed by atoms with E-state index in [9.17, 15) is 4.79 Å². The zero-order chi connectivity index (χ0) is 21.1. The Labute approximate surface area is 179 Å². The number of benzene rings is 2. The largest absolute Gasteiger partial charge is 0.485 e. The first-order valence-electron chi connectivity index (χ1n) is 9.93. The van der Waals surface area contributed by atoms with Gasteiger partial charge in [0.05, 0.1) is 12.8 Å². The zero-order valence-electron chi connectivity index (χ0n) is 17.0. The molecule has 1 aromatic heterocycles. The maximum Gasteiger partial charge on any atom is 0.279 e. The third kappa shape index (κ3) is 4.32. The van der Waals surface area contributed by atoms with Gasteiger partial charge in [0.2, 0.25) is 0 Å². The molecular weight excluding hydrogens is 400 g/mol. The van der Waals surface area contributed by atoms with E-state index in [1.165, 1.54) is 34.2 Å². The molecular formula is C23H24N2O4S. The fraction of sp³-hybridized carbons (Fsp3) is 0.304. The Balaban J connectivity index is 1.46. The number of aromatic nitrogens is 1. The third-order valence-electron chi connectivity index (χ3n) is 5.15. The van der Waals surface area contributed by atoms with Gasteiger partial charge in [0, 0.05) is 6.54 Å². The summed E-state index contributed by atoms with van der Waals surface area (Å²) >= 11 is 1.17. The molecule has 0 spiro atoms. The van der Waals surface area contributed by atoms with Gasteiger partial charge in [-0.05, 0) is 67.1 Å². The molecule has 2 N–H and O–H groups in total. The smallest absolute Gasteiger partial charge is 0.279 e. The Kier molecular flexibility index (Phi) is 6.01. The monoisotopic (exact) mass is 424 g/mol. The van der Waals surface area contributed by atoms with Crippen molar-refractivity contribution < 1.29 is 19.4 Å². The minimum absolute atomic E-state index is 0.0597. The van der Waals surface area contributed by atoms with Crippen LogP contribution in [0, 0.1) is 13.8 Å². The Hall–Kier alpha value is -2.90. The number of amides is 1. The van der Waals surface area contributed by atoms with E-state index in [1.54, 1.807) is 0 Å². The number of nitrogens with one attached hydrogen (secondary N) is 1. The molecule has 4 rings (SSSR count). The van der Waals surface area contributed by atoms with Gasteiger partial charge in [0.1, 0.15) is 22.5 Å². The van der Waals surface area contributed by atoms with Crippen molar-refractivity contribution >= 4 is 17.2 Å². The lowest BCUT2D eigenvalue weighted by Crippen LogP contribution is -2.25. The minimum atomic E-state index is -0.271. The normalized spacial score (nSPS) is 15.2. The summed E-state index contributed by atoms with van der Waals surface area (Å²) < 4.78 is 12.2. The number of aliphatic hydroxyl groups excluding tert-OH is 1. The summed E-state index contributed by atoms with van der Waals surface area (Å²) in [4.78, 5) is 16.5. The standard InChI is InChI=1S/C23H24N2O4S/c1-14-4-3-5-15(2)21(14)19-8-6-16-12-17(7-9-18(16)29-19)28-23-25-13-20(30-23)22(27)24-10-11-26/h3-5,7,9,12-13,19,26H,6,8,10-11H2,1-2H3,(H,24,27). The highest BCUT2D eigenvalue weighted by molar-refractivity contribution is 7.15. The van der Waals surface area contributed by atoms with Crippen molar-refractivity contribution in [3.63, 3.8) is 0 Å². The number of hydrogen-bond acceptors (Lipinski definition) is 6. The van der Waals surface area contributed by atoms with Crippen LogP contribution in [0.1, 0.15) is 44.5 Å². The number of thiazole rings is 1. The Morgan fingerprint density at radius 1 is 1.30 bits per heavy atom. The Morgan fingerprint density at radius 3 is 2.87 bits per heavy atom. The van der Waals surface area contributed by atoms with Crippen LogP contribution in [-0.2, 0) is 6.42 Å². The average molecular weight is 425 g/mol. The zero-order valence-corrected chi connectivity index (χ0v) is 17.8. The van der Waals surface area contributed by atoms with Crippen LogP contribution < -0.4 is 14.8 Å². The SMILES string of the molecule is Cc1cccc(C)c1C1CCc2cc(Oc3ncc(C(=O)NCCO)s3)ccc2O1. The summed E-state index contributed by atoms with van der Waals surface area (Å²) in [6.07, 6.45) is 3.35. The predicted molar refractivity (Wildman–Crippen MR) is 116 cm³/mol. The molecule has 2 aromatic carbocycles. The number of fused-ring (bicyclic) bond motifs is 1. The summed E-state index contributed by atoms with van der Waals surface area (Å²) in [5.74, 6) is 1.27. The molecule has 6 nitrogen and oxygen atoms in total. The van der Waals surface area contributed by atoms with Crippen molar-refractivity contribution in [2.75, 3.05) is 13.2 Å². The number of aryl methyl sites for hydroxylation is 3. The van der Waals surface area contributed by atoms with E-state index in [-0.39, 0.29) is 25.2 Å². The van der Waals surface area contributed by atoms with Crippen LogP contribution >= 0.6 is 11.3 Å². The van der Waals surface area contributed by atoms with Crippen LogP contribution in [-0.4, -0.2) is 29.1 Å². The molecule has 1 amide bonds. The third-order valence-corrected chi connectivity index (χ3v) is 6.03. The molecule has 0 bridgehead atoms. The van der Waals surface area contributed by atoms with Crippen LogP contribution in [0.25, 0.3) is 0 Å². The molecule has 0 radical (unpaired) electrons. The van der Waals surface area contributed by atoms with Gasteiger partial charge in [0.25, 0.3) is 11.1 Å². The van der Waals surface area contributed by atoms with Crippen molar-refractivity contribution in [1.82, 2.24) is 10.3 Å². The topological polar surface area (TPSA) is 80.7 Å². The maximum absolute atomic E-state index is 11.9. The van der Waals surface area contributed by atoms with Crippen LogP contribution in [0.4, 0.5) is 0 Å². The second-order valence-corrected chi connectivity index (χ2v) is 8.29. The van der Waals surface area contributed by atoms with E-state index in [1.807, 2.05) is 18.2 Å². The molecule has 1 aliphatic heterocycles. The fourth-order valence-corrected chi connectivity index (χ4v) is 4.44. The van der Waals surface area contributed by atoms with E-state index in [2.05, 4.69) is 42.3 Å². The molecule has 2 heterocycles. The highest BCUT2D eigenvalue weighted by atomic mass is 32.1. The van der Waals surface area contributed by atoms with Gasteiger partial charge in [-0.2, -0.15) is 0 Å².